The molecular formula is C30H23F2N5O. The van der Waals surface area contributed by atoms with Gasteiger partial charge in [0.05, 0.1) is 36.6 Å². The summed E-state index contributed by atoms with van der Waals surface area (Å²) in [6, 6.07) is 22.8. The van der Waals surface area contributed by atoms with Gasteiger partial charge in [-0.3, -0.25) is 9.79 Å². The molecule has 1 amide bonds. The van der Waals surface area contributed by atoms with Crippen molar-refractivity contribution >= 4 is 29.2 Å². The maximum absolute atomic E-state index is 15.0. The van der Waals surface area contributed by atoms with Crippen LogP contribution in [-0.4, -0.2) is 40.6 Å². The third-order valence-corrected chi connectivity index (χ3v) is 6.42. The first-order chi connectivity index (χ1) is 18.5. The van der Waals surface area contributed by atoms with Crippen LogP contribution in [0, 0.1) is 23.0 Å². The number of halogens is 2. The Morgan fingerprint density at radius 2 is 1.87 bits per heavy atom. The van der Waals surface area contributed by atoms with Crippen molar-refractivity contribution in [3.63, 3.8) is 0 Å². The second-order valence-electron chi connectivity index (χ2n) is 8.93. The minimum absolute atomic E-state index is 0.0981. The number of aromatic nitrogens is 1. The van der Waals surface area contributed by atoms with Crippen LogP contribution in [0.4, 0.5) is 8.78 Å². The quantitative estimate of drug-likeness (QED) is 0.263. The lowest BCUT2D eigenvalue weighted by Crippen LogP contribution is -2.36. The molecular weight excluding hydrogens is 484 g/mol. The third-order valence-electron chi connectivity index (χ3n) is 6.42. The average Bonchev–Trinajstić information content (AvgIpc) is 3.15. The number of aliphatic imine (C=N–C) groups is 1. The molecule has 1 aromatic heterocycles. The largest absolute Gasteiger partial charge is 0.330 e. The maximum atomic E-state index is 15.0. The lowest BCUT2D eigenvalue weighted by atomic mass is 10.1. The molecule has 0 fully saturated rings. The molecule has 0 unspecified atom stereocenters. The van der Waals surface area contributed by atoms with Crippen LogP contribution in [0.1, 0.15) is 32.7 Å². The van der Waals surface area contributed by atoms with Gasteiger partial charge in [-0.15, -0.1) is 0 Å². The van der Waals surface area contributed by atoms with Crippen LogP contribution in [0.3, 0.4) is 0 Å². The van der Waals surface area contributed by atoms with Crippen LogP contribution >= 0.6 is 0 Å². The predicted molar refractivity (Wildman–Crippen MR) is 142 cm³/mol. The summed E-state index contributed by atoms with van der Waals surface area (Å²) in [5.41, 5.74) is 3.58. The van der Waals surface area contributed by atoms with E-state index in [0.29, 0.717) is 28.9 Å². The van der Waals surface area contributed by atoms with Gasteiger partial charge in [-0.1, -0.05) is 42.5 Å². The van der Waals surface area contributed by atoms with E-state index in [9.17, 15) is 13.6 Å². The second kappa shape index (κ2) is 10.6. The highest BCUT2D eigenvalue weighted by Crippen LogP contribution is 2.28. The molecule has 8 heteroatoms. The standard InChI is InChI=1S/C30H23F2N5O/c1-34-19-37(16-21-8-6-20(15-33)7-9-21)24-14-23-10-12-26(31)29(32)25(23)18-36(17-24)30(38)28-13-11-22-4-2-3-5-27(22)35-28/h2-14,19H,16-18H2,1H3. The Labute approximate surface area is 218 Å². The maximum Gasteiger partial charge on any atom is 0.273 e. The van der Waals surface area contributed by atoms with Crippen molar-refractivity contribution in [3.8, 4) is 6.07 Å². The summed E-state index contributed by atoms with van der Waals surface area (Å²) in [5.74, 6) is -2.35. The summed E-state index contributed by atoms with van der Waals surface area (Å²) in [4.78, 5) is 25.7. The van der Waals surface area contributed by atoms with E-state index >= 15 is 0 Å². The van der Waals surface area contributed by atoms with Gasteiger partial charge in [0.2, 0.25) is 0 Å². The zero-order valence-corrected chi connectivity index (χ0v) is 20.6. The number of rotatable bonds is 5. The fourth-order valence-corrected chi connectivity index (χ4v) is 4.47. The monoisotopic (exact) mass is 507 g/mol. The topological polar surface area (TPSA) is 72.6 Å². The fourth-order valence-electron chi connectivity index (χ4n) is 4.47. The Balaban J connectivity index is 1.55. The molecule has 4 aromatic rings. The number of hydrogen-bond acceptors (Lipinski definition) is 4. The van der Waals surface area contributed by atoms with Gasteiger partial charge in [0.25, 0.3) is 5.91 Å². The van der Waals surface area contributed by atoms with E-state index < -0.39 is 17.5 Å². The zero-order valence-electron chi connectivity index (χ0n) is 20.6. The molecule has 0 spiro atoms. The van der Waals surface area contributed by atoms with E-state index in [1.165, 1.54) is 11.0 Å². The van der Waals surface area contributed by atoms with Crippen molar-refractivity contribution in [1.82, 2.24) is 14.8 Å². The van der Waals surface area contributed by atoms with Crippen molar-refractivity contribution in [2.45, 2.75) is 13.1 Å². The predicted octanol–water partition coefficient (Wildman–Crippen LogP) is 5.54. The highest BCUT2D eigenvalue weighted by atomic mass is 19.2. The molecule has 38 heavy (non-hydrogen) atoms. The van der Waals surface area contributed by atoms with Crippen LogP contribution in [-0.2, 0) is 13.1 Å². The lowest BCUT2D eigenvalue weighted by molar-refractivity contribution is 0.0745. The summed E-state index contributed by atoms with van der Waals surface area (Å²) in [5, 5.41) is 10.0. The van der Waals surface area contributed by atoms with Gasteiger partial charge in [0.1, 0.15) is 5.69 Å². The van der Waals surface area contributed by atoms with Crippen LogP contribution in [0.25, 0.3) is 17.0 Å². The van der Waals surface area contributed by atoms with Crippen molar-refractivity contribution in [2.24, 2.45) is 4.99 Å². The highest BCUT2D eigenvalue weighted by molar-refractivity contribution is 5.95. The molecule has 0 aliphatic carbocycles. The van der Waals surface area contributed by atoms with Gasteiger partial charge >= 0.3 is 0 Å². The van der Waals surface area contributed by atoms with Crippen molar-refractivity contribution < 1.29 is 13.6 Å². The van der Waals surface area contributed by atoms with Crippen molar-refractivity contribution in [2.75, 3.05) is 13.6 Å². The number of nitrogens with zero attached hydrogens (tertiary/aromatic N) is 5. The molecule has 0 saturated carbocycles. The van der Waals surface area contributed by atoms with E-state index in [4.69, 9.17) is 5.26 Å². The van der Waals surface area contributed by atoms with Crippen LogP contribution in [0.2, 0.25) is 0 Å². The number of para-hydroxylation sites is 1. The van der Waals surface area contributed by atoms with E-state index in [1.54, 1.807) is 37.7 Å². The molecule has 6 nitrogen and oxygen atoms in total. The van der Waals surface area contributed by atoms with Crippen LogP contribution in [0.15, 0.2) is 83.5 Å². The molecule has 188 valence electrons. The number of carbonyl (C=O) groups is 1. The summed E-state index contributed by atoms with van der Waals surface area (Å²) < 4.78 is 29.2. The van der Waals surface area contributed by atoms with E-state index in [2.05, 4.69) is 16.0 Å². The average molecular weight is 508 g/mol. The van der Waals surface area contributed by atoms with Crippen LogP contribution in [0.5, 0.6) is 0 Å². The van der Waals surface area contributed by atoms with Crippen LogP contribution < -0.4 is 0 Å². The lowest BCUT2D eigenvalue weighted by Gasteiger charge is -2.28. The third kappa shape index (κ3) is 5.00. The first-order valence-corrected chi connectivity index (χ1v) is 12.0. The van der Waals surface area contributed by atoms with E-state index in [-0.39, 0.29) is 24.3 Å². The molecule has 1 aliphatic heterocycles. The fraction of sp³-hybridized carbons (Fsp3) is 0.133. The van der Waals surface area contributed by atoms with E-state index in [0.717, 1.165) is 17.0 Å². The number of amides is 1. The molecule has 0 atom stereocenters. The Morgan fingerprint density at radius 1 is 1.08 bits per heavy atom. The SMILES string of the molecule is CN=CN(Cc1ccc(C#N)cc1)C1=Cc2ccc(F)c(F)c2CN(C(=O)c2ccc3ccccc3n2)C1. The van der Waals surface area contributed by atoms with Crippen molar-refractivity contribution in [3.05, 3.63) is 118 Å². The molecule has 3 aromatic carbocycles. The number of benzene rings is 3. The number of nitriles is 1. The molecule has 0 radical (unpaired) electrons. The Hall–Kier alpha value is -4.90. The van der Waals surface area contributed by atoms with Crippen molar-refractivity contribution in [1.29, 1.82) is 5.26 Å². The molecule has 5 rings (SSSR count). The summed E-state index contributed by atoms with van der Waals surface area (Å²) in [6.07, 6.45) is 3.39. The molecule has 0 bridgehead atoms. The molecule has 2 heterocycles. The Kier molecular flexibility index (Phi) is 6.92. The smallest absolute Gasteiger partial charge is 0.273 e. The zero-order chi connectivity index (χ0) is 26.6. The minimum atomic E-state index is -0.980. The van der Waals surface area contributed by atoms with Gasteiger partial charge in [-0.25, -0.2) is 13.8 Å². The summed E-state index contributed by atoms with van der Waals surface area (Å²) >= 11 is 0. The number of fused-ring (bicyclic) bond motifs is 2. The first kappa shape index (κ1) is 24.8. The van der Waals surface area contributed by atoms with Gasteiger partial charge in [0, 0.05) is 30.2 Å². The first-order valence-electron chi connectivity index (χ1n) is 12.0. The van der Waals surface area contributed by atoms with Gasteiger partial charge in [-0.05, 0) is 47.5 Å². The highest BCUT2D eigenvalue weighted by Gasteiger charge is 2.27. The normalized spacial score (nSPS) is 13.1. The summed E-state index contributed by atoms with van der Waals surface area (Å²) in [6.45, 7) is 0.385. The molecule has 1 aliphatic rings. The van der Waals surface area contributed by atoms with E-state index in [1.807, 2.05) is 47.4 Å². The van der Waals surface area contributed by atoms with Gasteiger partial charge in [-0.2, -0.15) is 5.26 Å². The molecule has 0 N–H and O–H groups in total. The number of pyridine rings is 1. The second-order valence-corrected chi connectivity index (χ2v) is 8.93. The van der Waals surface area contributed by atoms with Gasteiger partial charge in [0.15, 0.2) is 11.6 Å². The number of hydrogen-bond donors (Lipinski definition) is 0. The summed E-state index contributed by atoms with van der Waals surface area (Å²) in [7, 11) is 1.63. The van der Waals surface area contributed by atoms with Gasteiger partial charge < -0.3 is 9.80 Å². The molecule has 0 saturated heterocycles. The number of carbonyl (C=O) groups excluding carboxylic acids is 1. The minimum Gasteiger partial charge on any atom is -0.330 e. The Bertz CT molecular complexity index is 1620. The Morgan fingerprint density at radius 3 is 2.63 bits per heavy atom.